The van der Waals surface area contributed by atoms with Crippen molar-refractivity contribution in [2.45, 2.75) is 32.9 Å². The Labute approximate surface area is 111 Å². The van der Waals surface area contributed by atoms with Crippen molar-refractivity contribution in [1.82, 2.24) is 9.78 Å². The Morgan fingerprint density at radius 1 is 1.26 bits per heavy atom. The summed E-state index contributed by atoms with van der Waals surface area (Å²) < 4.78 is 29.2. The molecule has 0 fully saturated rings. The molecule has 0 aliphatic rings. The molecule has 0 saturated carbocycles. The van der Waals surface area contributed by atoms with Crippen LogP contribution in [0.15, 0.2) is 24.3 Å². The molecule has 19 heavy (non-hydrogen) atoms. The van der Waals surface area contributed by atoms with Gasteiger partial charge in [-0.25, -0.2) is 8.78 Å². The fourth-order valence-electron chi connectivity index (χ4n) is 2.12. The van der Waals surface area contributed by atoms with Crippen LogP contribution in [0.1, 0.15) is 36.8 Å². The molecule has 5 heteroatoms. The molecule has 0 aliphatic carbocycles. The maximum Gasteiger partial charge on any atom is 0.131 e. The zero-order chi connectivity index (χ0) is 14.0. The second-order valence-corrected chi connectivity index (χ2v) is 4.34. The molecule has 0 aliphatic heterocycles. The van der Waals surface area contributed by atoms with Gasteiger partial charge in [-0.05, 0) is 31.5 Å². The molecule has 0 spiro atoms. The minimum atomic E-state index is -0.853. The van der Waals surface area contributed by atoms with Crippen LogP contribution in [0.5, 0.6) is 0 Å². The van der Waals surface area contributed by atoms with E-state index in [1.54, 1.807) is 10.7 Å². The summed E-state index contributed by atoms with van der Waals surface area (Å²) in [5.74, 6) is -1.26. The van der Waals surface area contributed by atoms with E-state index in [2.05, 4.69) is 5.10 Å². The van der Waals surface area contributed by atoms with Gasteiger partial charge in [-0.1, -0.05) is 13.0 Å². The Bertz CT molecular complexity index is 558. The van der Waals surface area contributed by atoms with Crippen molar-refractivity contribution in [3.8, 4) is 0 Å². The molecule has 1 atom stereocenters. The Balaban J connectivity index is 2.49. The maximum absolute atomic E-state index is 13.8. The molecular weight excluding hydrogens is 248 g/mol. The van der Waals surface area contributed by atoms with Crippen molar-refractivity contribution < 1.29 is 8.78 Å². The third-order valence-corrected chi connectivity index (χ3v) is 3.15. The van der Waals surface area contributed by atoms with Gasteiger partial charge in [0.1, 0.15) is 11.6 Å². The molecule has 1 aromatic carbocycles. The quantitative estimate of drug-likeness (QED) is 0.923. The Morgan fingerprint density at radius 2 is 1.89 bits per heavy atom. The van der Waals surface area contributed by atoms with E-state index in [0.29, 0.717) is 12.2 Å². The van der Waals surface area contributed by atoms with Crippen LogP contribution in [0.3, 0.4) is 0 Å². The molecule has 0 bridgehead atoms. The summed E-state index contributed by atoms with van der Waals surface area (Å²) in [6.07, 6.45) is 0.756. The van der Waals surface area contributed by atoms with Crippen molar-refractivity contribution in [2.75, 3.05) is 0 Å². The number of nitrogens with two attached hydrogens (primary N) is 1. The summed E-state index contributed by atoms with van der Waals surface area (Å²) in [6.45, 7) is 4.50. The van der Waals surface area contributed by atoms with Crippen molar-refractivity contribution in [1.29, 1.82) is 0 Å². The average molecular weight is 265 g/mol. The fraction of sp³-hybridized carbons (Fsp3) is 0.357. The summed E-state index contributed by atoms with van der Waals surface area (Å²) in [5, 5.41) is 4.34. The molecule has 2 rings (SSSR count). The van der Waals surface area contributed by atoms with Gasteiger partial charge in [0.25, 0.3) is 0 Å². The first kappa shape index (κ1) is 13.7. The summed E-state index contributed by atoms with van der Waals surface area (Å²) >= 11 is 0. The van der Waals surface area contributed by atoms with Gasteiger partial charge in [0.05, 0.1) is 17.4 Å². The van der Waals surface area contributed by atoms with Crippen LogP contribution in [0, 0.1) is 11.6 Å². The normalized spacial score (nSPS) is 12.7. The van der Waals surface area contributed by atoms with Gasteiger partial charge in [0.2, 0.25) is 0 Å². The molecule has 1 heterocycles. The van der Waals surface area contributed by atoms with Gasteiger partial charge in [-0.2, -0.15) is 5.10 Å². The topological polar surface area (TPSA) is 43.8 Å². The van der Waals surface area contributed by atoms with Crippen molar-refractivity contribution in [2.24, 2.45) is 5.73 Å². The lowest BCUT2D eigenvalue weighted by Crippen LogP contribution is -2.19. The van der Waals surface area contributed by atoms with E-state index in [-0.39, 0.29) is 5.56 Å². The number of rotatable bonds is 4. The first-order valence-electron chi connectivity index (χ1n) is 6.34. The van der Waals surface area contributed by atoms with Crippen molar-refractivity contribution in [3.63, 3.8) is 0 Å². The van der Waals surface area contributed by atoms with Crippen LogP contribution in [0.25, 0.3) is 0 Å². The van der Waals surface area contributed by atoms with E-state index in [4.69, 9.17) is 5.73 Å². The van der Waals surface area contributed by atoms with E-state index in [0.717, 1.165) is 12.1 Å². The van der Waals surface area contributed by atoms with Gasteiger partial charge in [0, 0.05) is 12.1 Å². The molecular formula is C14H17F2N3. The molecule has 0 radical (unpaired) electrons. The molecule has 102 valence electrons. The minimum Gasteiger partial charge on any atom is -0.319 e. The fourth-order valence-corrected chi connectivity index (χ4v) is 2.12. The standard InChI is InChI=1S/C14H17F2N3/c1-3-9-8-12(19(4-2)18-9)14(17)13-10(15)6-5-7-11(13)16/h5-8,14H,3-4,17H2,1-2H3. The first-order valence-corrected chi connectivity index (χ1v) is 6.34. The summed E-state index contributed by atoms with van der Waals surface area (Å²) in [4.78, 5) is 0. The number of benzene rings is 1. The lowest BCUT2D eigenvalue weighted by atomic mass is 10.0. The molecule has 1 unspecified atom stereocenters. The minimum absolute atomic E-state index is 0.111. The van der Waals surface area contributed by atoms with E-state index in [1.165, 1.54) is 18.2 Å². The lowest BCUT2D eigenvalue weighted by Gasteiger charge is -2.15. The van der Waals surface area contributed by atoms with Crippen LogP contribution in [-0.4, -0.2) is 9.78 Å². The van der Waals surface area contributed by atoms with E-state index in [1.807, 2.05) is 13.8 Å². The monoisotopic (exact) mass is 265 g/mol. The van der Waals surface area contributed by atoms with Crippen LogP contribution < -0.4 is 5.73 Å². The van der Waals surface area contributed by atoms with Gasteiger partial charge in [-0.15, -0.1) is 0 Å². The third-order valence-electron chi connectivity index (χ3n) is 3.15. The summed E-state index contributed by atoms with van der Waals surface area (Å²) in [6, 6.07) is 4.71. The zero-order valence-electron chi connectivity index (χ0n) is 11.0. The summed E-state index contributed by atoms with van der Waals surface area (Å²) in [5.41, 5.74) is 7.40. The molecule has 0 saturated heterocycles. The molecule has 0 amide bonds. The highest BCUT2D eigenvalue weighted by molar-refractivity contribution is 5.31. The van der Waals surface area contributed by atoms with E-state index >= 15 is 0 Å². The number of halogens is 2. The molecule has 3 nitrogen and oxygen atoms in total. The highest BCUT2D eigenvalue weighted by atomic mass is 19.1. The third kappa shape index (κ3) is 2.51. The largest absolute Gasteiger partial charge is 0.319 e. The second-order valence-electron chi connectivity index (χ2n) is 4.34. The zero-order valence-corrected chi connectivity index (χ0v) is 11.0. The van der Waals surface area contributed by atoms with Gasteiger partial charge in [0.15, 0.2) is 0 Å². The number of aryl methyl sites for hydroxylation is 2. The number of hydrogen-bond donors (Lipinski definition) is 1. The second kappa shape index (κ2) is 5.48. The lowest BCUT2D eigenvalue weighted by molar-refractivity contribution is 0.525. The Kier molecular flexibility index (Phi) is 3.95. The Morgan fingerprint density at radius 3 is 2.42 bits per heavy atom. The van der Waals surface area contributed by atoms with Crippen molar-refractivity contribution >= 4 is 0 Å². The highest BCUT2D eigenvalue weighted by Gasteiger charge is 2.22. The van der Waals surface area contributed by atoms with E-state index in [9.17, 15) is 8.78 Å². The van der Waals surface area contributed by atoms with Crippen LogP contribution in [0.4, 0.5) is 8.78 Å². The van der Waals surface area contributed by atoms with Gasteiger partial charge < -0.3 is 5.73 Å². The van der Waals surface area contributed by atoms with Crippen LogP contribution >= 0.6 is 0 Å². The highest BCUT2D eigenvalue weighted by Crippen LogP contribution is 2.25. The predicted molar refractivity (Wildman–Crippen MR) is 69.7 cm³/mol. The maximum atomic E-state index is 13.8. The Hall–Kier alpha value is -1.75. The number of hydrogen-bond acceptors (Lipinski definition) is 2. The number of aromatic nitrogens is 2. The van der Waals surface area contributed by atoms with Gasteiger partial charge in [-0.3, -0.25) is 4.68 Å². The molecule has 2 N–H and O–H groups in total. The number of nitrogens with zero attached hydrogens (tertiary/aromatic N) is 2. The summed E-state index contributed by atoms with van der Waals surface area (Å²) in [7, 11) is 0. The SMILES string of the molecule is CCc1cc(C(N)c2c(F)cccc2F)n(CC)n1. The average Bonchev–Trinajstić information content (AvgIpc) is 2.81. The van der Waals surface area contributed by atoms with Crippen LogP contribution in [0.2, 0.25) is 0 Å². The van der Waals surface area contributed by atoms with E-state index < -0.39 is 17.7 Å². The molecule has 1 aromatic heterocycles. The van der Waals surface area contributed by atoms with Crippen molar-refractivity contribution in [3.05, 3.63) is 52.9 Å². The van der Waals surface area contributed by atoms with Crippen LogP contribution in [-0.2, 0) is 13.0 Å². The van der Waals surface area contributed by atoms with Gasteiger partial charge >= 0.3 is 0 Å². The smallest absolute Gasteiger partial charge is 0.131 e. The molecule has 2 aromatic rings. The predicted octanol–water partition coefficient (Wildman–Crippen LogP) is 2.79. The first-order chi connectivity index (χ1) is 9.08.